The van der Waals surface area contributed by atoms with Crippen LogP contribution in [0.25, 0.3) is 5.65 Å². The molecule has 4 rings (SSSR count). The van der Waals surface area contributed by atoms with E-state index >= 15 is 0 Å². The van der Waals surface area contributed by atoms with Crippen LogP contribution in [0, 0.1) is 0 Å². The van der Waals surface area contributed by atoms with Crippen molar-refractivity contribution in [3.05, 3.63) is 24.0 Å². The van der Waals surface area contributed by atoms with Crippen molar-refractivity contribution in [3.8, 4) is 0 Å². The molecule has 1 saturated carbocycles. The van der Waals surface area contributed by atoms with Gasteiger partial charge in [0.05, 0.1) is 6.20 Å². The average molecular weight is 400 g/mol. The molecule has 2 aliphatic rings. The topological polar surface area (TPSA) is 69.5 Å². The van der Waals surface area contributed by atoms with Gasteiger partial charge in [-0.25, -0.2) is 4.98 Å². The van der Waals surface area contributed by atoms with Gasteiger partial charge in [0.25, 0.3) is 0 Å². The molecular weight excluding hydrogens is 362 g/mol. The Morgan fingerprint density at radius 2 is 1.97 bits per heavy atom. The Labute approximate surface area is 174 Å². The molecule has 0 bridgehead atoms. The molecule has 0 unspecified atom stereocenters. The van der Waals surface area contributed by atoms with Gasteiger partial charge in [-0.15, -0.1) is 0 Å². The van der Waals surface area contributed by atoms with E-state index in [1.807, 2.05) is 16.8 Å². The molecular formula is C22H37N7. The van der Waals surface area contributed by atoms with Gasteiger partial charge in [-0.05, 0) is 32.1 Å². The summed E-state index contributed by atoms with van der Waals surface area (Å²) in [4.78, 5) is 7.41. The van der Waals surface area contributed by atoms with Crippen molar-refractivity contribution in [2.24, 2.45) is 0 Å². The number of piperazine rings is 1. The molecule has 0 spiro atoms. The number of nitrogens with one attached hydrogen (secondary N) is 3. The van der Waals surface area contributed by atoms with Crippen LogP contribution in [-0.4, -0.2) is 70.9 Å². The van der Waals surface area contributed by atoms with Crippen LogP contribution in [0.3, 0.4) is 0 Å². The van der Waals surface area contributed by atoms with Crippen molar-refractivity contribution < 1.29 is 0 Å². The lowest BCUT2D eigenvalue weighted by atomic mass is 9.99. The minimum atomic E-state index is 0.496. The Kier molecular flexibility index (Phi) is 7.00. The van der Waals surface area contributed by atoms with Gasteiger partial charge in [-0.2, -0.15) is 9.61 Å². The molecule has 0 radical (unpaired) electrons. The van der Waals surface area contributed by atoms with Crippen LogP contribution >= 0.6 is 0 Å². The lowest BCUT2D eigenvalue weighted by molar-refractivity contribution is 0.238. The SMILES string of the molecule is CCC(CC)c1cc(N[C@H]2CC[C@H](NCCN3CCNCC3)C2)n2nccc2n1. The molecule has 7 heteroatoms. The highest BCUT2D eigenvalue weighted by Crippen LogP contribution is 2.27. The summed E-state index contributed by atoms with van der Waals surface area (Å²) in [5, 5.41) is 15.5. The van der Waals surface area contributed by atoms with Gasteiger partial charge in [0.1, 0.15) is 5.82 Å². The fraction of sp³-hybridized carbons (Fsp3) is 0.727. The first kappa shape index (κ1) is 20.6. The molecule has 2 aromatic heterocycles. The smallest absolute Gasteiger partial charge is 0.157 e. The highest BCUT2D eigenvalue weighted by molar-refractivity contribution is 5.50. The first-order valence-electron chi connectivity index (χ1n) is 11.5. The molecule has 160 valence electrons. The number of aromatic nitrogens is 3. The minimum Gasteiger partial charge on any atom is -0.367 e. The molecule has 7 nitrogen and oxygen atoms in total. The van der Waals surface area contributed by atoms with E-state index in [4.69, 9.17) is 4.98 Å². The van der Waals surface area contributed by atoms with Crippen LogP contribution in [0.5, 0.6) is 0 Å². The van der Waals surface area contributed by atoms with Gasteiger partial charge in [-0.1, -0.05) is 13.8 Å². The Balaban J connectivity index is 1.33. The fourth-order valence-electron chi connectivity index (χ4n) is 4.82. The summed E-state index contributed by atoms with van der Waals surface area (Å²) in [5.41, 5.74) is 2.13. The van der Waals surface area contributed by atoms with Crippen molar-refractivity contribution in [2.45, 2.75) is 64.0 Å². The fourth-order valence-corrected chi connectivity index (χ4v) is 4.82. The molecule has 1 saturated heterocycles. The quantitative estimate of drug-likeness (QED) is 0.602. The third-order valence-corrected chi connectivity index (χ3v) is 6.64. The summed E-state index contributed by atoms with van der Waals surface area (Å²) >= 11 is 0. The normalized spacial score (nSPS) is 23.3. The average Bonchev–Trinajstić information content (AvgIpc) is 3.39. The molecule has 2 aromatic rings. The molecule has 3 N–H and O–H groups in total. The number of hydrogen-bond donors (Lipinski definition) is 3. The highest BCUT2D eigenvalue weighted by atomic mass is 15.3. The van der Waals surface area contributed by atoms with Crippen LogP contribution in [-0.2, 0) is 0 Å². The van der Waals surface area contributed by atoms with Crippen LogP contribution < -0.4 is 16.0 Å². The third kappa shape index (κ3) is 5.08. The van der Waals surface area contributed by atoms with Crippen molar-refractivity contribution in [3.63, 3.8) is 0 Å². The molecule has 29 heavy (non-hydrogen) atoms. The standard InChI is InChI=1S/C22H37N7/c1-3-17(4-2)20-16-22(29-21(27-20)7-8-25-29)26-19-6-5-18(15-19)24-11-14-28-12-9-23-10-13-28/h7-8,16-19,23-24,26H,3-6,9-15H2,1-2H3/t18-,19-/m0/s1. The van der Waals surface area contributed by atoms with Crippen LogP contribution in [0.4, 0.5) is 5.82 Å². The van der Waals surface area contributed by atoms with Crippen molar-refractivity contribution in [1.82, 2.24) is 30.1 Å². The van der Waals surface area contributed by atoms with E-state index in [1.165, 1.54) is 38.0 Å². The Bertz CT molecular complexity index is 764. The Hall–Kier alpha value is -1.70. The third-order valence-electron chi connectivity index (χ3n) is 6.64. The van der Waals surface area contributed by atoms with Gasteiger partial charge in [0.2, 0.25) is 0 Å². The maximum absolute atomic E-state index is 4.85. The second-order valence-electron chi connectivity index (χ2n) is 8.58. The van der Waals surface area contributed by atoms with Gasteiger partial charge >= 0.3 is 0 Å². The van der Waals surface area contributed by atoms with Gasteiger partial charge < -0.3 is 16.0 Å². The van der Waals surface area contributed by atoms with Crippen LogP contribution in [0.15, 0.2) is 18.3 Å². The van der Waals surface area contributed by atoms with E-state index in [2.05, 4.69) is 45.9 Å². The van der Waals surface area contributed by atoms with E-state index in [-0.39, 0.29) is 0 Å². The maximum Gasteiger partial charge on any atom is 0.157 e. The molecule has 0 aromatic carbocycles. The Morgan fingerprint density at radius 1 is 1.17 bits per heavy atom. The summed E-state index contributed by atoms with van der Waals surface area (Å²) in [5.74, 6) is 1.60. The van der Waals surface area contributed by atoms with E-state index < -0.39 is 0 Å². The number of fused-ring (bicyclic) bond motifs is 1. The predicted octanol–water partition coefficient (Wildman–Crippen LogP) is 2.46. The zero-order chi connectivity index (χ0) is 20.1. The van der Waals surface area contributed by atoms with Gasteiger partial charge in [-0.3, -0.25) is 4.90 Å². The molecule has 0 amide bonds. The van der Waals surface area contributed by atoms with E-state index in [9.17, 15) is 0 Å². The zero-order valence-electron chi connectivity index (χ0n) is 18.0. The summed E-state index contributed by atoms with van der Waals surface area (Å²) in [6.45, 7) is 11.4. The van der Waals surface area contributed by atoms with Gasteiger partial charge in [0, 0.05) is 75.1 Å². The zero-order valence-corrected chi connectivity index (χ0v) is 18.0. The van der Waals surface area contributed by atoms with E-state index in [0.717, 1.165) is 50.5 Å². The second kappa shape index (κ2) is 9.87. The maximum atomic E-state index is 4.85. The molecule has 1 aliphatic carbocycles. The summed E-state index contributed by atoms with van der Waals surface area (Å²) in [6.07, 6.45) is 7.71. The molecule has 3 heterocycles. The number of rotatable bonds is 9. The summed E-state index contributed by atoms with van der Waals surface area (Å²) < 4.78 is 1.96. The Morgan fingerprint density at radius 3 is 2.76 bits per heavy atom. The monoisotopic (exact) mass is 399 g/mol. The molecule has 2 fully saturated rings. The molecule has 2 atom stereocenters. The summed E-state index contributed by atoms with van der Waals surface area (Å²) in [7, 11) is 0. The van der Waals surface area contributed by atoms with Gasteiger partial charge in [0.15, 0.2) is 5.65 Å². The lowest BCUT2D eigenvalue weighted by Crippen LogP contribution is -2.46. The van der Waals surface area contributed by atoms with Crippen molar-refractivity contribution >= 4 is 11.5 Å². The van der Waals surface area contributed by atoms with Crippen molar-refractivity contribution in [1.29, 1.82) is 0 Å². The number of hydrogen-bond acceptors (Lipinski definition) is 6. The van der Waals surface area contributed by atoms with Crippen LogP contribution in [0.1, 0.15) is 57.6 Å². The number of anilines is 1. The first-order valence-corrected chi connectivity index (χ1v) is 11.5. The van der Waals surface area contributed by atoms with Crippen molar-refractivity contribution in [2.75, 3.05) is 44.6 Å². The minimum absolute atomic E-state index is 0.496. The highest BCUT2D eigenvalue weighted by Gasteiger charge is 2.25. The first-order chi connectivity index (χ1) is 14.3. The predicted molar refractivity (Wildman–Crippen MR) is 119 cm³/mol. The lowest BCUT2D eigenvalue weighted by Gasteiger charge is -2.27. The summed E-state index contributed by atoms with van der Waals surface area (Å²) in [6, 6.07) is 5.34. The number of nitrogens with zero attached hydrogens (tertiary/aromatic N) is 4. The van der Waals surface area contributed by atoms with E-state index in [0.29, 0.717) is 18.0 Å². The largest absolute Gasteiger partial charge is 0.367 e. The second-order valence-corrected chi connectivity index (χ2v) is 8.58. The van der Waals surface area contributed by atoms with Crippen LogP contribution in [0.2, 0.25) is 0 Å². The van der Waals surface area contributed by atoms with E-state index in [1.54, 1.807) is 0 Å². The molecule has 1 aliphatic heterocycles.